The van der Waals surface area contributed by atoms with Crippen molar-refractivity contribution in [1.29, 1.82) is 0 Å². The van der Waals surface area contributed by atoms with Crippen molar-refractivity contribution in [2.45, 2.75) is 20.0 Å². The first kappa shape index (κ1) is 15.8. The van der Waals surface area contributed by atoms with E-state index in [9.17, 15) is 9.18 Å². The Morgan fingerprint density at radius 1 is 1.38 bits per heavy atom. The summed E-state index contributed by atoms with van der Waals surface area (Å²) in [5, 5.41) is 4.32. The van der Waals surface area contributed by atoms with Gasteiger partial charge in [-0.3, -0.25) is 9.48 Å². The summed E-state index contributed by atoms with van der Waals surface area (Å²) in [5.74, 6) is -0.258. The normalized spacial score (nSPS) is 11.0. The number of hydrogen-bond acceptors (Lipinski definition) is 3. The fraction of sp³-hybridized carbons (Fsp3) is 0.286. The monoisotopic (exact) mass is 330 g/mol. The molecule has 1 aromatic heterocycles. The number of aryl methyl sites for hydroxylation is 1. The smallest absolute Gasteiger partial charge is 0.169 e. The summed E-state index contributed by atoms with van der Waals surface area (Å²) in [5.41, 5.74) is 0.472. The summed E-state index contributed by atoms with van der Waals surface area (Å²) in [6.07, 6.45) is 0.448. The molecule has 0 fully saturated rings. The molecule has 0 spiro atoms. The van der Waals surface area contributed by atoms with E-state index in [1.165, 1.54) is 10.7 Å². The summed E-state index contributed by atoms with van der Waals surface area (Å²) >= 11 is 12.0. The molecule has 0 atom stereocenters. The van der Waals surface area contributed by atoms with Crippen LogP contribution in [0.15, 0.2) is 12.1 Å². The van der Waals surface area contributed by atoms with Gasteiger partial charge in [0.05, 0.1) is 16.1 Å². The third-order valence-electron chi connectivity index (χ3n) is 2.78. The minimum atomic E-state index is -0.589. The van der Waals surface area contributed by atoms with Gasteiger partial charge in [0.25, 0.3) is 0 Å². The molecule has 112 valence electrons. The second-order valence-corrected chi connectivity index (χ2v) is 5.50. The first-order valence-corrected chi connectivity index (χ1v) is 6.94. The molecule has 2 rings (SSSR count). The lowest BCUT2D eigenvalue weighted by atomic mass is 10.1. The number of rotatable bonds is 4. The molecule has 0 saturated heterocycles. The fourth-order valence-corrected chi connectivity index (χ4v) is 2.37. The van der Waals surface area contributed by atoms with Crippen LogP contribution in [0, 0.1) is 5.82 Å². The molecule has 1 heterocycles. The SMILES string of the molecule is CC(C)Oc1cc(-c2nn(C)c(C=O)c2Cl)c(F)cc1Cl. The van der Waals surface area contributed by atoms with Crippen molar-refractivity contribution < 1.29 is 13.9 Å². The maximum absolute atomic E-state index is 14.1. The second-order valence-electron chi connectivity index (χ2n) is 4.72. The van der Waals surface area contributed by atoms with Crippen molar-refractivity contribution in [2.75, 3.05) is 0 Å². The van der Waals surface area contributed by atoms with Crippen LogP contribution in [0.4, 0.5) is 4.39 Å². The van der Waals surface area contributed by atoms with Crippen LogP contribution in [-0.2, 0) is 7.05 Å². The van der Waals surface area contributed by atoms with E-state index in [-0.39, 0.29) is 33.1 Å². The molecule has 0 amide bonds. The van der Waals surface area contributed by atoms with Gasteiger partial charge in [0.2, 0.25) is 0 Å². The van der Waals surface area contributed by atoms with Crippen molar-refractivity contribution in [1.82, 2.24) is 9.78 Å². The average Bonchev–Trinajstić information content (AvgIpc) is 2.67. The van der Waals surface area contributed by atoms with Gasteiger partial charge in [-0.25, -0.2) is 4.39 Å². The van der Waals surface area contributed by atoms with Gasteiger partial charge >= 0.3 is 0 Å². The Morgan fingerprint density at radius 3 is 2.57 bits per heavy atom. The highest BCUT2D eigenvalue weighted by Crippen LogP contribution is 2.36. The quantitative estimate of drug-likeness (QED) is 0.791. The van der Waals surface area contributed by atoms with Crippen LogP contribution in [0.1, 0.15) is 24.3 Å². The molecule has 1 aromatic carbocycles. The third kappa shape index (κ3) is 3.04. The van der Waals surface area contributed by atoms with Gasteiger partial charge in [-0.15, -0.1) is 0 Å². The number of carbonyl (C=O) groups excluding carboxylic acids is 1. The Kier molecular flexibility index (Phi) is 4.54. The van der Waals surface area contributed by atoms with Crippen LogP contribution in [-0.4, -0.2) is 22.2 Å². The van der Waals surface area contributed by atoms with Crippen molar-refractivity contribution in [3.8, 4) is 17.0 Å². The van der Waals surface area contributed by atoms with E-state index in [0.29, 0.717) is 12.0 Å². The van der Waals surface area contributed by atoms with Gasteiger partial charge in [-0.2, -0.15) is 5.10 Å². The zero-order valence-corrected chi connectivity index (χ0v) is 13.2. The number of ether oxygens (including phenoxy) is 1. The van der Waals surface area contributed by atoms with E-state index in [1.807, 2.05) is 13.8 Å². The molecule has 0 N–H and O–H groups in total. The third-order valence-corrected chi connectivity index (χ3v) is 3.45. The maximum atomic E-state index is 14.1. The van der Waals surface area contributed by atoms with Crippen molar-refractivity contribution >= 4 is 29.5 Å². The Hall–Kier alpha value is -1.59. The number of aromatic nitrogens is 2. The lowest BCUT2D eigenvalue weighted by Crippen LogP contribution is -2.06. The predicted molar refractivity (Wildman–Crippen MR) is 79.8 cm³/mol. The number of hydrogen-bond donors (Lipinski definition) is 0. The van der Waals surface area contributed by atoms with E-state index in [2.05, 4.69) is 5.10 Å². The van der Waals surface area contributed by atoms with E-state index in [0.717, 1.165) is 6.07 Å². The van der Waals surface area contributed by atoms with E-state index in [1.54, 1.807) is 7.05 Å². The average molecular weight is 331 g/mol. The van der Waals surface area contributed by atoms with E-state index < -0.39 is 5.82 Å². The van der Waals surface area contributed by atoms with Gasteiger partial charge in [0.15, 0.2) is 6.29 Å². The highest BCUT2D eigenvalue weighted by atomic mass is 35.5. The van der Waals surface area contributed by atoms with E-state index in [4.69, 9.17) is 27.9 Å². The van der Waals surface area contributed by atoms with Gasteiger partial charge < -0.3 is 4.74 Å². The largest absolute Gasteiger partial charge is 0.489 e. The fourth-order valence-electron chi connectivity index (χ4n) is 1.87. The Bertz CT molecular complexity index is 699. The second kappa shape index (κ2) is 6.03. The van der Waals surface area contributed by atoms with Crippen LogP contribution >= 0.6 is 23.2 Å². The molecule has 21 heavy (non-hydrogen) atoms. The lowest BCUT2D eigenvalue weighted by Gasteiger charge is -2.13. The summed E-state index contributed by atoms with van der Waals surface area (Å²) in [6, 6.07) is 2.57. The standard InChI is InChI=1S/C14H13Cl2FN2O2/c1-7(2)21-12-4-8(10(17)5-9(12)15)14-13(16)11(6-20)19(3)18-14/h4-7H,1-3H3. The van der Waals surface area contributed by atoms with Gasteiger partial charge in [0, 0.05) is 12.6 Å². The first-order chi connectivity index (χ1) is 9.85. The van der Waals surface area contributed by atoms with Crippen LogP contribution in [0.5, 0.6) is 5.75 Å². The number of aldehydes is 1. The van der Waals surface area contributed by atoms with Crippen molar-refractivity contribution in [3.63, 3.8) is 0 Å². The highest BCUT2D eigenvalue weighted by Gasteiger charge is 2.20. The van der Waals surface area contributed by atoms with Crippen LogP contribution in [0.3, 0.4) is 0 Å². The molecule has 2 aromatic rings. The number of halogens is 3. The molecule has 0 saturated carbocycles. The maximum Gasteiger partial charge on any atom is 0.169 e. The van der Waals surface area contributed by atoms with Gasteiger partial charge in [-0.05, 0) is 26.0 Å². The van der Waals surface area contributed by atoms with Crippen LogP contribution < -0.4 is 4.74 Å². The number of carbonyl (C=O) groups is 1. The molecule has 0 unspecified atom stereocenters. The Labute approximate surface area is 131 Å². The zero-order valence-electron chi connectivity index (χ0n) is 11.7. The molecule has 7 heteroatoms. The molecule has 0 radical (unpaired) electrons. The van der Waals surface area contributed by atoms with E-state index >= 15 is 0 Å². The van der Waals surface area contributed by atoms with Crippen molar-refractivity contribution in [3.05, 3.63) is 33.7 Å². The molecule has 0 bridgehead atoms. The molecule has 0 aliphatic rings. The zero-order chi connectivity index (χ0) is 15.7. The Morgan fingerprint density at radius 2 is 2.05 bits per heavy atom. The summed E-state index contributed by atoms with van der Waals surface area (Å²) in [4.78, 5) is 11.0. The Balaban J connectivity index is 2.61. The number of benzene rings is 1. The van der Waals surface area contributed by atoms with Crippen LogP contribution in [0.25, 0.3) is 11.3 Å². The molecular formula is C14H13Cl2FN2O2. The van der Waals surface area contributed by atoms with Gasteiger partial charge in [-0.1, -0.05) is 23.2 Å². The predicted octanol–water partition coefficient (Wildman–Crippen LogP) is 4.13. The van der Waals surface area contributed by atoms with Crippen LogP contribution in [0.2, 0.25) is 10.0 Å². The summed E-state index contributed by atoms with van der Waals surface area (Å²) < 4.78 is 21.0. The summed E-state index contributed by atoms with van der Waals surface area (Å²) in [6.45, 7) is 3.66. The molecular weight excluding hydrogens is 318 g/mol. The molecule has 0 aliphatic heterocycles. The number of nitrogens with zero attached hydrogens (tertiary/aromatic N) is 2. The topological polar surface area (TPSA) is 44.1 Å². The van der Waals surface area contributed by atoms with Gasteiger partial charge in [0.1, 0.15) is 23.0 Å². The minimum Gasteiger partial charge on any atom is -0.489 e. The lowest BCUT2D eigenvalue weighted by molar-refractivity contribution is 0.111. The highest BCUT2D eigenvalue weighted by molar-refractivity contribution is 6.35. The molecule has 4 nitrogen and oxygen atoms in total. The first-order valence-electron chi connectivity index (χ1n) is 6.18. The van der Waals surface area contributed by atoms with Crippen molar-refractivity contribution in [2.24, 2.45) is 7.05 Å². The summed E-state index contributed by atoms with van der Waals surface area (Å²) in [7, 11) is 1.55. The molecule has 0 aliphatic carbocycles. The minimum absolute atomic E-state index is 0.0872.